The number of ether oxygens (including phenoxy) is 1. The lowest BCUT2D eigenvalue weighted by atomic mass is 9.84. The number of aliphatic hydroxyl groups is 1. The molecule has 0 unspecified atom stereocenters. The van der Waals surface area contributed by atoms with E-state index in [1.165, 1.54) is 0 Å². The maximum Gasteiger partial charge on any atom is 0.255 e. The summed E-state index contributed by atoms with van der Waals surface area (Å²) in [7, 11) is 0. The van der Waals surface area contributed by atoms with Crippen LogP contribution in [0.15, 0.2) is 0 Å². The zero-order valence-electron chi connectivity index (χ0n) is 9.28. The average molecular weight is 227 g/mol. The minimum Gasteiger partial charge on any atom is -0.388 e. The highest BCUT2D eigenvalue weighted by Gasteiger charge is 2.37. The highest BCUT2D eigenvalue weighted by atomic mass is 16.5. The van der Waals surface area contributed by atoms with Crippen molar-refractivity contribution in [1.82, 2.24) is 4.90 Å². The molecule has 2 fully saturated rings. The summed E-state index contributed by atoms with van der Waals surface area (Å²) in [6.07, 6.45) is 4.38. The normalized spacial score (nSPS) is 25.9. The van der Waals surface area contributed by atoms with Crippen LogP contribution in [0.3, 0.4) is 0 Å². The highest BCUT2D eigenvalue weighted by molar-refractivity contribution is 5.98. The number of amides is 2. The van der Waals surface area contributed by atoms with E-state index in [0.29, 0.717) is 12.8 Å². The zero-order chi connectivity index (χ0) is 11.6. The Morgan fingerprint density at radius 2 is 1.69 bits per heavy atom. The van der Waals surface area contributed by atoms with E-state index in [1.807, 2.05) is 0 Å². The standard InChI is InChI=1S/C11H17NO4/c13-9-6-16-7-10(14)12(9)8-11(15)4-2-1-3-5-11/h15H,1-8H2. The summed E-state index contributed by atoms with van der Waals surface area (Å²) in [4.78, 5) is 24.1. The van der Waals surface area contributed by atoms with Crippen LogP contribution in [0.5, 0.6) is 0 Å². The van der Waals surface area contributed by atoms with E-state index in [0.717, 1.165) is 24.2 Å². The lowest BCUT2D eigenvalue weighted by Crippen LogP contribution is -2.53. The van der Waals surface area contributed by atoms with Crippen molar-refractivity contribution in [3.05, 3.63) is 0 Å². The largest absolute Gasteiger partial charge is 0.388 e. The molecule has 1 heterocycles. The van der Waals surface area contributed by atoms with E-state index < -0.39 is 5.60 Å². The van der Waals surface area contributed by atoms with E-state index in [4.69, 9.17) is 4.74 Å². The van der Waals surface area contributed by atoms with Gasteiger partial charge in [0.1, 0.15) is 13.2 Å². The Kier molecular flexibility index (Phi) is 3.25. The van der Waals surface area contributed by atoms with Gasteiger partial charge in [-0.05, 0) is 12.8 Å². The van der Waals surface area contributed by atoms with Crippen molar-refractivity contribution in [2.45, 2.75) is 37.7 Å². The summed E-state index contributed by atoms with van der Waals surface area (Å²) in [5, 5.41) is 10.3. The fourth-order valence-electron chi connectivity index (χ4n) is 2.36. The topological polar surface area (TPSA) is 66.8 Å². The summed E-state index contributed by atoms with van der Waals surface area (Å²) in [6.45, 7) is 0.0255. The van der Waals surface area contributed by atoms with Gasteiger partial charge in [0.25, 0.3) is 11.8 Å². The molecule has 0 aromatic carbocycles. The number of hydrogen-bond donors (Lipinski definition) is 1. The molecule has 0 spiro atoms. The van der Waals surface area contributed by atoms with Crippen LogP contribution in [0.25, 0.3) is 0 Å². The third kappa shape index (κ3) is 2.41. The first kappa shape index (κ1) is 11.5. The van der Waals surface area contributed by atoms with Crippen LogP contribution in [0.4, 0.5) is 0 Å². The number of carbonyl (C=O) groups is 2. The van der Waals surface area contributed by atoms with Gasteiger partial charge in [0.05, 0.1) is 12.1 Å². The number of imide groups is 1. The van der Waals surface area contributed by atoms with Crippen molar-refractivity contribution in [1.29, 1.82) is 0 Å². The first-order valence-electron chi connectivity index (χ1n) is 5.74. The number of β-amino-alcohol motifs (C(OH)–C–C–N with tert-alkyl or cyclic N) is 1. The number of rotatable bonds is 2. The molecule has 2 amide bonds. The maximum absolute atomic E-state index is 11.5. The van der Waals surface area contributed by atoms with Gasteiger partial charge in [-0.15, -0.1) is 0 Å². The first-order chi connectivity index (χ1) is 7.61. The van der Waals surface area contributed by atoms with Crippen molar-refractivity contribution in [3.8, 4) is 0 Å². The molecule has 90 valence electrons. The van der Waals surface area contributed by atoms with Gasteiger partial charge >= 0.3 is 0 Å². The van der Waals surface area contributed by atoms with E-state index in [9.17, 15) is 14.7 Å². The second-order valence-electron chi connectivity index (χ2n) is 4.65. The Hall–Kier alpha value is -0.940. The molecular formula is C11H17NO4. The monoisotopic (exact) mass is 227 g/mol. The van der Waals surface area contributed by atoms with Crippen molar-refractivity contribution >= 4 is 11.8 Å². The molecule has 2 aliphatic rings. The minimum absolute atomic E-state index is 0.0538. The number of morpholine rings is 1. The summed E-state index contributed by atoms with van der Waals surface area (Å²) in [6, 6.07) is 0. The number of carbonyl (C=O) groups excluding carboxylic acids is 2. The molecule has 5 heteroatoms. The fraction of sp³-hybridized carbons (Fsp3) is 0.818. The summed E-state index contributed by atoms with van der Waals surface area (Å²) < 4.78 is 4.82. The van der Waals surface area contributed by atoms with Gasteiger partial charge in [-0.2, -0.15) is 0 Å². The third-order valence-corrected chi connectivity index (χ3v) is 3.29. The molecule has 0 radical (unpaired) electrons. The van der Waals surface area contributed by atoms with Crippen molar-refractivity contribution in [2.75, 3.05) is 19.8 Å². The molecule has 1 saturated carbocycles. The maximum atomic E-state index is 11.5. The lowest BCUT2D eigenvalue weighted by molar-refractivity contribution is -0.163. The van der Waals surface area contributed by atoms with Crippen LogP contribution in [0.2, 0.25) is 0 Å². The number of hydrogen-bond acceptors (Lipinski definition) is 4. The molecule has 2 rings (SSSR count). The van der Waals surface area contributed by atoms with E-state index in [1.54, 1.807) is 0 Å². The van der Waals surface area contributed by atoms with Gasteiger partial charge in [0.2, 0.25) is 0 Å². The second kappa shape index (κ2) is 4.51. The SMILES string of the molecule is O=C1COCC(=O)N1CC1(O)CCCCC1. The Morgan fingerprint density at radius 3 is 2.25 bits per heavy atom. The molecule has 16 heavy (non-hydrogen) atoms. The molecule has 1 saturated heterocycles. The Balaban J connectivity index is 2.01. The quantitative estimate of drug-likeness (QED) is 0.678. The Morgan fingerprint density at radius 1 is 1.12 bits per heavy atom. The van der Waals surface area contributed by atoms with Crippen LogP contribution in [-0.4, -0.2) is 47.2 Å². The molecule has 1 N–H and O–H groups in total. The molecule has 0 aromatic rings. The predicted molar refractivity (Wildman–Crippen MR) is 55.6 cm³/mol. The minimum atomic E-state index is -0.874. The van der Waals surface area contributed by atoms with Crippen LogP contribution >= 0.6 is 0 Å². The average Bonchev–Trinajstić information content (AvgIpc) is 2.25. The van der Waals surface area contributed by atoms with Gasteiger partial charge in [-0.1, -0.05) is 19.3 Å². The Bertz CT molecular complexity index is 280. The lowest BCUT2D eigenvalue weighted by Gasteiger charge is -2.37. The third-order valence-electron chi connectivity index (χ3n) is 3.29. The van der Waals surface area contributed by atoms with E-state index in [-0.39, 0.29) is 31.6 Å². The van der Waals surface area contributed by atoms with Gasteiger partial charge in [0, 0.05) is 0 Å². The van der Waals surface area contributed by atoms with Gasteiger partial charge in [0.15, 0.2) is 0 Å². The highest BCUT2D eigenvalue weighted by Crippen LogP contribution is 2.29. The van der Waals surface area contributed by atoms with Crippen molar-refractivity contribution in [3.63, 3.8) is 0 Å². The molecular weight excluding hydrogens is 210 g/mol. The number of nitrogens with zero attached hydrogens (tertiary/aromatic N) is 1. The molecule has 0 atom stereocenters. The fourth-order valence-corrected chi connectivity index (χ4v) is 2.36. The van der Waals surface area contributed by atoms with Crippen LogP contribution in [0, 0.1) is 0 Å². The molecule has 1 aliphatic heterocycles. The van der Waals surface area contributed by atoms with Crippen LogP contribution in [0.1, 0.15) is 32.1 Å². The van der Waals surface area contributed by atoms with Gasteiger partial charge in [-0.25, -0.2) is 0 Å². The van der Waals surface area contributed by atoms with Crippen molar-refractivity contribution < 1.29 is 19.4 Å². The predicted octanol–water partition coefficient (Wildman–Crippen LogP) is 0.0670. The van der Waals surface area contributed by atoms with Gasteiger partial charge < -0.3 is 9.84 Å². The van der Waals surface area contributed by atoms with E-state index >= 15 is 0 Å². The zero-order valence-corrected chi connectivity index (χ0v) is 9.28. The van der Waals surface area contributed by atoms with Gasteiger partial charge in [-0.3, -0.25) is 14.5 Å². The van der Waals surface area contributed by atoms with Crippen LogP contribution < -0.4 is 0 Å². The second-order valence-corrected chi connectivity index (χ2v) is 4.65. The summed E-state index contributed by atoms with van der Waals surface area (Å²) in [5.74, 6) is -0.675. The molecule has 0 bridgehead atoms. The van der Waals surface area contributed by atoms with Crippen molar-refractivity contribution in [2.24, 2.45) is 0 Å². The first-order valence-corrected chi connectivity index (χ1v) is 5.74. The summed E-state index contributed by atoms with van der Waals surface area (Å²) >= 11 is 0. The van der Waals surface area contributed by atoms with E-state index in [2.05, 4.69) is 0 Å². The Labute approximate surface area is 94.4 Å². The molecule has 0 aromatic heterocycles. The smallest absolute Gasteiger partial charge is 0.255 e. The molecule has 1 aliphatic carbocycles. The summed E-state index contributed by atoms with van der Waals surface area (Å²) in [5.41, 5.74) is -0.874. The molecule has 5 nitrogen and oxygen atoms in total. The van der Waals surface area contributed by atoms with Crippen LogP contribution in [-0.2, 0) is 14.3 Å².